The smallest absolute Gasteiger partial charge is 0.212 e. The summed E-state index contributed by atoms with van der Waals surface area (Å²) in [5.74, 6) is 0.790. The number of rotatable bonds is 9. The highest BCUT2D eigenvalue weighted by molar-refractivity contribution is 7.90. The number of nitrogens with zero attached hydrogens (tertiary/aromatic N) is 1. The Bertz CT molecular complexity index is 640. The Morgan fingerprint density at radius 1 is 1.43 bits per heavy atom. The molecule has 0 radical (unpaired) electrons. The number of aryl methyl sites for hydroxylation is 1. The fraction of sp³-hybridized carbons (Fsp3) is 0.667. The molecule has 0 N–H and O–H groups in total. The minimum absolute atomic E-state index is 0.314. The van der Waals surface area contributed by atoms with Crippen LogP contribution in [0.1, 0.15) is 43.0 Å². The topological polar surface area (TPSA) is 37.4 Å². The van der Waals surface area contributed by atoms with Gasteiger partial charge in [-0.2, -0.15) is 0 Å². The lowest BCUT2D eigenvalue weighted by Gasteiger charge is -2.40. The molecule has 0 spiro atoms. The van der Waals surface area contributed by atoms with Crippen LogP contribution in [0.3, 0.4) is 0 Å². The lowest BCUT2D eigenvalue weighted by atomic mass is 9.94. The van der Waals surface area contributed by atoms with Gasteiger partial charge in [0.15, 0.2) is 0 Å². The molecular weight excluding hydrogens is 326 g/mol. The van der Waals surface area contributed by atoms with E-state index in [9.17, 15) is 8.42 Å². The molecule has 2 aliphatic rings. The summed E-state index contributed by atoms with van der Waals surface area (Å²) >= 11 is 1.85. The standard InChI is InChI=1S/C18H27NO2S2/c1-3-5-6-17-16(9-10-22-17)11-14-12-19(13-14)23(20,21)18(4-2)15-7-8-15/h4,9-10,14-15,18H,2-3,5-8,11-13H2,1H3. The third kappa shape index (κ3) is 3.72. The second-order valence-corrected chi connectivity index (χ2v) is 10.0. The van der Waals surface area contributed by atoms with Crippen LogP contribution in [0, 0.1) is 11.8 Å². The number of sulfonamides is 1. The molecule has 1 aliphatic heterocycles. The molecule has 23 heavy (non-hydrogen) atoms. The van der Waals surface area contributed by atoms with Crippen LogP contribution in [0.25, 0.3) is 0 Å². The van der Waals surface area contributed by atoms with Crippen molar-refractivity contribution in [3.05, 3.63) is 34.5 Å². The Hall–Kier alpha value is -0.650. The van der Waals surface area contributed by atoms with Crippen molar-refractivity contribution in [3.63, 3.8) is 0 Å². The third-order valence-electron chi connectivity index (χ3n) is 5.05. The highest BCUT2D eigenvalue weighted by Gasteiger charge is 2.45. The highest BCUT2D eigenvalue weighted by Crippen LogP contribution is 2.39. The van der Waals surface area contributed by atoms with E-state index in [4.69, 9.17) is 0 Å². The summed E-state index contributed by atoms with van der Waals surface area (Å²) < 4.78 is 27.0. The normalized spacial score (nSPS) is 21.1. The average Bonchev–Trinajstić information content (AvgIpc) is 3.19. The largest absolute Gasteiger partial charge is 0.220 e. The van der Waals surface area contributed by atoms with E-state index in [0.717, 1.165) is 19.3 Å². The van der Waals surface area contributed by atoms with Crippen molar-refractivity contribution in [2.75, 3.05) is 13.1 Å². The first kappa shape index (κ1) is 17.2. The predicted molar refractivity (Wildman–Crippen MR) is 97.3 cm³/mol. The van der Waals surface area contributed by atoms with E-state index >= 15 is 0 Å². The van der Waals surface area contributed by atoms with Crippen molar-refractivity contribution in [3.8, 4) is 0 Å². The number of hydrogen-bond donors (Lipinski definition) is 0. The van der Waals surface area contributed by atoms with Gasteiger partial charge in [0.25, 0.3) is 0 Å². The van der Waals surface area contributed by atoms with Gasteiger partial charge in [0.1, 0.15) is 0 Å². The van der Waals surface area contributed by atoms with Crippen molar-refractivity contribution >= 4 is 21.4 Å². The fourth-order valence-electron chi connectivity index (χ4n) is 3.43. The van der Waals surface area contributed by atoms with Crippen molar-refractivity contribution in [1.82, 2.24) is 4.31 Å². The molecule has 0 bridgehead atoms. The van der Waals surface area contributed by atoms with Crippen LogP contribution in [0.2, 0.25) is 0 Å². The zero-order chi connectivity index (χ0) is 16.4. The van der Waals surface area contributed by atoms with Crippen LogP contribution in [0.4, 0.5) is 0 Å². The fourth-order valence-corrected chi connectivity index (χ4v) is 6.57. The van der Waals surface area contributed by atoms with Gasteiger partial charge < -0.3 is 0 Å². The maximum atomic E-state index is 12.6. The van der Waals surface area contributed by atoms with E-state index in [-0.39, 0.29) is 5.25 Å². The van der Waals surface area contributed by atoms with Gasteiger partial charge in [0.05, 0.1) is 5.25 Å². The van der Waals surface area contributed by atoms with Crippen LogP contribution in [0.15, 0.2) is 24.1 Å². The van der Waals surface area contributed by atoms with Crippen molar-refractivity contribution in [2.45, 2.75) is 50.7 Å². The Labute approximate surface area is 144 Å². The van der Waals surface area contributed by atoms with Gasteiger partial charge in [-0.1, -0.05) is 19.4 Å². The lowest BCUT2D eigenvalue weighted by molar-refractivity contribution is 0.198. The molecule has 1 unspecified atom stereocenters. The first-order valence-corrected chi connectivity index (χ1v) is 11.1. The molecule has 1 aromatic rings. The van der Waals surface area contributed by atoms with Gasteiger partial charge in [0, 0.05) is 18.0 Å². The van der Waals surface area contributed by atoms with Gasteiger partial charge in [0.2, 0.25) is 10.0 Å². The second-order valence-electron chi connectivity index (χ2n) is 6.94. The van der Waals surface area contributed by atoms with Crippen LogP contribution < -0.4 is 0 Å². The second kappa shape index (κ2) is 7.08. The highest BCUT2D eigenvalue weighted by atomic mass is 32.2. The molecule has 1 aliphatic carbocycles. The van der Waals surface area contributed by atoms with Crippen LogP contribution in [-0.4, -0.2) is 31.1 Å². The SMILES string of the molecule is C=CC(C1CC1)S(=O)(=O)N1CC(Cc2ccsc2CCCC)C1. The van der Waals surface area contributed by atoms with E-state index in [1.165, 1.54) is 29.7 Å². The first-order chi connectivity index (χ1) is 11.1. The van der Waals surface area contributed by atoms with Gasteiger partial charge in [-0.3, -0.25) is 0 Å². The molecule has 1 saturated carbocycles. The maximum absolute atomic E-state index is 12.6. The van der Waals surface area contributed by atoms with Gasteiger partial charge in [-0.05, 0) is 60.9 Å². The lowest BCUT2D eigenvalue weighted by Crippen LogP contribution is -2.53. The van der Waals surface area contributed by atoms with E-state index in [0.29, 0.717) is 24.9 Å². The summed E-state index contributed by atoms with van der Waals surface area (Å²) in [6.07, 6.45) is 8.35. The molecule has 3 rings (SSSR count). The summed E-state index contributed by atoms with van der Waals surface area (Å²) in [5, 5.41) is 1.82. The molecule has 0 amide bonds. The molecule has 0 aromatic carbocycles. The molecule has 1 saturated heterocycles. The molecule has 128 valence electrons. The zero-order valence-electron chi connectivity index (χ0n) is 13.9. The van der Waals surface area contributed by atoms with Crippen molar-refractivity contribution in [2.24, 2.45) is 11.8 Å². The molecule has 2 heterocycles. The van der Waals surface area contributed by atoms with Crippen LogP contribution >= 0.6 is 11.3 Å². The molecular formula is C18H27NO2S2. The Balaban J connectivity index is 1.55. The summed E-state index contributed by atoms with van der Waals surface area (Å²) in [7, 11) is -3.17. The van der Waals surface area contributed by atoms with E-state index < -0.39 is 10.0 Å². The Morgan fingerprint density at radius 2 is 2.17 bits per heavy atom. The van der Waals surface area contributed by atoms with Crippen LogP contribution in [-0.2, 0) is 22.9 Å². The summed E-state index contributed by atoms with van der Waals surface area (Å²) in [4.78, 5) is 1.50. The molecule has 1 atom stereocenters. The molecule has 2 fully saturated rings. The summed E-state index contributed by atoms with van der Waals surface area (Å²) in [6, 6.07) is 2.23. The Morgan fingerprint density at radius 3 is 2.78 bits per heavy atom. The summed E-state index contributed by atoms with van der Waals surface area (Å²) in [5.41, 5.74) is 1.44. The first-order valence-electron chi connectivity index (χ1n) is 8.73. The van der Waals surface area contributed by atoms with Gasteiger partial charge in [-0.25, -0.2) is 12.7 Å². The Kier molecular flexibility index (Phi) is 5.29. The van der Waals surface area contributed by atoms with Gasteiger partial charge in [-0.15, -0.1) is 17.9 Å². The monoisotopic (exact) mass is 353 g/mol. The van der Waals surface area contributed by atoms with E-state index in [1.54, 1.807) is 10.4 Å². The maximum Gasteiger partial charge on any atom is 0.220 e. The summed E-state index contributed by atoms with van der Waals surface area (Å²) in [6.45, 7) is 7.33. The van der Waals surface area contributed by atoms with E-state index in [1.807, 2.05) is 11.3 Å². The number of unbranched alkanes of at least 4 members (excludes halogenated alkanes) is 1. The molecule has 5 heteroatoms. The quantitative estimate of drug-likeness (QED) is 0.632. The number of thiophene rings is 1. The predicted octanol–water partition coefficient (Wildman–Crippen LogP) is 3.86. The minimum atomic E-state index is -3.17. The average molecular weight is 354 g/mol. The van der Waals surface area contributed by atoms with Crippen molar-refractivity contribution < 1.29 is 8.42 Å². The van der Waals surface area contributed by atoms with E-state index in [2.05, 4.69) is 24.9 Å². The molecule has 3 nitrogen and oxygen atoms in total. The third-order valence-corrected chi connectivity index (χ3v) is 8.36. The van der Waals surface area contributed by atoms with Crippen molar-refractivity contribution in [1.29, 1.82) is 0 Å². The number of hydrogen-bond acceptors (Lipinski definition) is 3. The molecule has 1 aromatic heterocycles. The minimum Gasteiger partial charge on any atom is -0.212 e. The zero-order valence-corrected chi connectivity index (χ0v) is 15.5. The van der Waals surface area contributed by atoms with Crippen LogP contribution in [0.5, 0.6) is 0 Å². The van der Waals surface area contributed by atoms with Gasteiger partial charge >= 0.3 is 0 Å².